The molecule has 0 aliphatic heterocycles. The van der Waals surface area contributed by atoms with Crippen molar-refractivity contribution in [3.63, 3.8) is 0 Å². The topological polar surface area (TPSA) is 12.5 Å². The molecule has 0 heterocycles. The highest BCUT2D eigenvalue weighted by molar-refractivity contribution is 5.26. The number of aryl methyl sites for hydroxylation is 1. The SMILES string of the molecule is CC.CC.Cc1ccc(OCC(C)CN(C)C)cc1. The fourth-order valence-corrected chi connectivity index (χ4v) is 1.55. The van der Waals surface area contributed by atoms with E-state index in [1.807, 2.05) is 39.8 Å². The Morgan fingerprint density at radius 3 is 1.89 bits per heavy atom. The van der Waals surface area contributed by atoms with Crippen molar-refractivity contribution in [2.75, 3.05) is 27.2 Å². The average Bonchev–Trinajstić information content (AvgIpc) is 2.42. The van der Waals surface area contributed by atoms with Crippen LogP contribution < -0.4 is 4.74 Å². The molecular formula is C17H33NO. The lowest BCUT2D eigenvalue weighted by atomic mass is 10.2. The molecule has 0 saturated carbocycles. The van der Waals surface area contributed by atoms with Crippen LogP contribution in [0.1, 0.15) is 40.2 Å². The van der Waals surface area contributed by atoms with Crippen molar-refractivity contribution in [1.29, 1.82) is 0 Å². The fourth-order valence-electron chi connectivity index (χ4n) is 1.55. The zero-order valence-electron chi connectivity index (χ0n) is 14.2. The van der Waals surface area contributed by atoms with Gasteiger partial charge in [0.1, 0.15) is 5.75 Å². The molecule has 19 heavy (non-hydrogen) atoms. The molecule has 112 valence electrons. The molecule has 0 aliphatic rings. The minimum atomic E-state index is 0.557. The van der Waals surface area contributed by atoms with Crippen LogP contribution in [0.5, 0.6) is 5.75 Å². The summed E-state index contributed by atoms with van der Waals surface area (Å²) in [5.74, 6) is 1.52. The number of ether oxygens (including phenoxy) is 1. The van der Waals surface area contributed by atoms with Crippen molar-refractivity contribution >= 4 is 0 Å². The highest BCUT2D eigenvalue weighted by Gasteiger charge is 2.04. The standard InChI is InChI=1S/C13H21NO.2C2H6/c1-11-5-7-13(8-6-11)15-10-12(2)9-14(3)4;2*1-2/h5-8,12H,9-10H2,1-4H3;2*1-2H3. The maximum Gasteiger partial charge on any atom is 0.119 e. The third-order valence-corrected chi connectivity index (χ3v) is 2.23. The van der Waals surface area contributed by atoms with E-state index in [2.05, 4.69) is 45.0 Å². The zero-order valence-corrected chi connectivity index (χ0v) is 14.2. The van der Waals surface area contributed by atoms with Gasteiger partial charge in [-0.1, -0.05) is 52.3 Å². The lowest BCUT2D eigenvalue weighted by Crippen LogP contribution is -2.24. The summed E-state index contributed by atoms with van der Waals surface area (Å²) in [7, 11) is 4.17. The fraction of sp³-hybridized carbons (Fsp3) is 0.647. The minimum absolute atomic E-state index is 0.557. The second-order valence-electron chi connectivity index (χ2n) is 4.49. The van der Waals surface area contributed by atoms with Crippen molar-refractivity contribution in [2.45, 2.75) is 41.5 Å². The third-order valence-electron chi connectivity index (χ3n) is 2.23. The van der Waals surface area contributed by atoms with Crippen molar-refractivity contribution in [2.24, 2.45) is 5.92 Å². The molecule has 0 saturated heterocycles. The first kappa shape index (κ1) is 20.3. The minimum Gasteiger partial charge on any atom is -0.493 e. The molecule has 1 aromatic carbocycles. The average molecular weight is 267 g/mol. The van der Waals surface area contributed by atoms with Crippen molar-refractivity contribution in [3.05, 3.63) is 29.8 Å². The van der Waals surface area contributed by atoms with E-state index in [0.717, 1.165) is 18.9 Å². The first-order chi connectivity index (χ1) is 9.08. The van der Waals surface area contributed by atoms with Crippen molar-refractivity contribution in [1.82, 2.24) is 4.90 Å². The molecule has 0 N–H and O–H groups in total. The van der Waals surface area contributed by atoms with Crippen molar-refractivity contribution < 1.29 is 4.74 Å². The lowest BCUT2D eigenvalue weighted by Gasteiger charge is -2.17. The molecule has 0 aromatic heterocycles. The molecule has 0 amide bonds. The van der Waals surface area contributed by atoms with E-state index in [4.69, 9.17) is 4.74 Å². The Hall–Kier alpha value is -1.02. The summed E-state index contributed by atoms with van der Waals surface area (Å²) in [5, 5.41) is 0. The van der Waals surface area contributed by atoms with Crippen LogP contribution >= 0.6 is 0 Å². The van der Waals surface area contributed by atoms with E-state index < -0.39 is 0 Å². The van der Waals surface area contributed by atoms with Gasteiger partial charge in [-0.15, -0.1) is 0 Å². The Labute approximate surface area is 120 Å². The summed E-state index contributed by atoms with van der Waals surface area (Å²) in [6.07, 6.45) is 0. The number of rotatable bonds is 5. The number of nitrogens with zero attached hydrogens (tertiary/aromatic N) is 1. The van der Waals surface area contributed by atoms with Gasteiger partial charge in [-0.3, -0.25) is 0 Å². The highest BCUT2D eigenvalue weighted by Crippen LogP contribution is 2.12. The van der Waals surface area contributed by atoms with Crippen LogP contribution in [-0.4, -0.2) is 32.1 Å². The van der Waals surface area contributed by atoms with Crippen LogP contribution in [0.15, 0.2) is 24.3 Å². The molecular weight excluding hydrogens is 234 g/mol. The molecule has 1 atom stereocenters. The predicted octanol–water partition coefficient (Wildman–Crippen LogP) is 4.62. The molecule has 1 rings (SSSR count). The van der Waals surface area contributed by atoms with Gasteiger partial charge in [-0.05, 0) is 33.2 Å². The number of benzene rings is 1. The van der Waals surface area contributed by atoms with E-state index in [0.29, 0.717) is 5.92 Å². The monoisotopic (exact) mass is 267 g/mol. The van der Waals surface area contributed by atoms with Crippen molar-refractivity contribution in [3.8, 4) is 5.75 Å². The predicted molar refractivity (Wildman–Crippen MR) is 87.1 cm³/mol. The maximum atomic E-state index is 5.70. The molecule has 0 aliphatic carbocycles. The summed E-state index contributed by atoms with van der Waals surface area (Å²) in [6.45, 7) is 14.1. The van der Waals surface area contributed by atoms with E-state index >= 15 is 0 Å². The molecule has 1 aromatic rings. The summed E-state index contributed by atoms with van der Waals surface area (Å²) in [5.41, 5.74) is 1.27. The lowest BCUT2D eigenvalue weighted by molar-refractivity contribution is 0.222. The van der Waals surface area contributed by atoms with Gasteiger partial charge in [0, 0.05) is 12.5 Å². The van der Waals surface area contributed by atoms with Gasteiger partial charge in [-0.2, -0.15) is 0 Å². The molecule has 0 spiro atoms. The van der Waals surface area contributed by atoms with Gasteiger partial charge < -0.3 is 9.64 Å². The molecule has 2 nitrogen and oxygen atoms in total. The van der Waals surface area contributed by atoms with E-state index in [-0.39, 0.29) is 0 Å². The van der Waals surface area contributed by atoms with E-state index in [1.54, 1.807) is 0 Å². The molecule has 2 heteroatoms. The smallest absolute Gasteiger partial charge is 0.119 e. The summed E-state index contributed by atoms with van der Waals surface area (Å²) >= 11 is 0. The number of hydrogen-bond donors (Lipinski definition) is 0. The van der Waals surface area contributed by atoms with E-state index in [1.165, 1.54) is 5.56 Å². The first-order valence-electron chi connectivity index (χ1n) is 7.42. The Kier molecular flexibility index (Phi) is 14.3. The summed E-state index contributed by atoms with van der Waals surface area (Å²) in [6, 6.07) is 8.20. The third kappa shape index (κ3) is 11.8. The summed E-state index contributed by atoms with van der Waals surface area (Å²) in [4.78, 5) is 2.18. The van der Waals surface area contributed by atoms with Gasteiger partial charge in [0.2, 0.25) is 0 Å². The van der Waals surface area contributed by atoms with Gasteiger partial charge in [0.25, 0.3) is 0 Å². The zero-order chi connectivity index (χ0) is 15.3. The Morgan fingerprint density at radius 2 is 1.47 bits per heavy atom. The Morgan fingerprint density at radius 1 is 1.00 bits per heavy atom. The van der Waals surface area contributed by atoms with Crippen LogP contribution in [0.2, 0.25) is 0 Å². The van der Waals surface area contributed by atoms with Gasteiger partial charge >= 0.3 is 0 Å². The first-order valence-corrected chi connectivity index (χ1v) is 7.42. The normalized spacial score (nSPS) is 10.8. The Balaban J connectivity index is 0. The molecule has 0 fully saturated rings. The second-order valence-corrected chi connectivity index (χ2v) is 4.49. The molecule has 0 radical (unpaired) electrons. The maximum absolute atomic E-state index is 5.70. The Bertz CT molecular complexity index is 280. The van der Waals surface area contributed by atoms with E-state index in [9.17, 15) is 0 Å². The van der Waals surface area contributed by atoms with Crippen LogP contribution in [-0.2, 0) is 0 Å². The van der Waals surface area contributed by atoms with Gasteiger partial charge in [-0.25, -0.2) is 0 Å². The largest absolute Gasteiger partial charge is 0.493 e. The van der Waals surface area contributed by atoms with Gasteiger partial charge in [0.15, 0.2) is 0 Å². The van der Waals surface area contributed by atoms with Gasteiger partial charge in [0.05, 0.1) is 6.61 Å². The van der Waals surface area contributed by atoms with Crippen LogP contribution in [0.3, 0.4) is 0 Å². The molecule has 1 unspecified atom stereocenters. The summed E-state index contributed by atoms with van der Waals surface area (Å²) < 4.78 is 5.70. The van der Waals surface area contributed by atoms with Crippen LogP contribution in [0, 0.1) is 12.8 Å². The van der Waals surface area contributed by atoms with Crippen LogP contribution in [0.25, 0.3) is 0 Å². The molecule has 0 bridgehead atoms. The quantitative estimate of drug-likeness (QED) is 0.771. The van der Waals surface area contributed by atoms with Crippen LogP contribution in [0.4, 0.5) is 0 Å². The number of hydrogen-bond acceptors (Lipinski definition) is 2. The second kappa shape index (κ2) is 13.4. The highest BCUT2D eigenvalue weighted by atomic mass is 16.5.